The normalized spacial score (nSPS) is 18.9. The Hall–Kier alpha value is -1.47. The van der Waals surface area contributed by atoms with Crippen molar-refractivity contribution in [3.63, 3.8) is 0 Å². The van der Waals surface area contributed by atoms with Crippen molar-refractivity contribution in [1.29, 1.82) is 0 Å². The van der Waals surface area contributed by atoms with E-state index >= 15 is 0 Å². The number of nitrogens with zero attached hydrogens (tertiary/aromatic N) is 2. The standard InChI is InChI=1S/C13H19N3O3S/c1-19-12(17)6-9-4-2-3-5-16(9)13(18)10-8-20-11(7-14)15-10/h8-9H,2-7,14H2,1H3. The molecule has 1 aromatic rings. The molecule has 1 aromatic heterocycles. The van der Waals surface area contributed by atoms with E-state index in [1.54, 1.807) is 10.3 Å². The Balaban J connectivity index is 2.10. The van der Waals surface area contributed by atoms with E-state index in [1.807, 2.05) is 0 Å². The Bertz CT molecular complexity index is 489. The molecule has 0 aromatic carbocycles. The summed E-state index contributed by atoms with van der Waals surface area (Å²) in [6.07, 6.45) is 3.05. The molecule has 0 radical (unpaired) electrons. The van der Waals surface area contributed by atoms with Crippen molar-refractivity contribution in [2.75, 3.05) is 13.7 Å². The third kappa shape index (κ3) is 3.34. The maximum Gasteiger partial charge on any atom is 0.307 e. The average Bonchev–Trinajstić information content (AvgIpc) is 2.96. The van der Waals surface area contributed by atoms with Crippen LogP contribution in [0.5, 0.6) is 0 Å². The molecule has 1 aliphatic heterocycles. The van der Waals surface area contributed by atoms with Crippen molar-refractivity contribution in [3.8, 4) is 0 Å². The summed E-state index contributed by atoms with van der Waals surface area (Å²) in [5.74, 6) is -0.398. The summed E-state index contributed by atoms with van der Waals surface area (Å²) in [6, 6.07) is -0.0910. The number of esters is 1. The van der Waals surface area contributed by atoms with Crippen molar-refractivity contribution in [2.24, 2.45) is 5.73 Å². The molecule has 1 atom stereocenters. The summed E-state index contributed by atoms with van der Waals surface area (Å²) in [6.45, 7) is 1.000. The monoisotopic (exact) mass is 297 g/mol. The zero-order valence-corrected chi connectivity index (χ0v) is 12.3. The van der Waals surface area contributed by atoms with Crippen molar-refractivity contribution >= 4 is 23.2 Å². The molecule has 1 fully saturated rings. The van der Waals surface area contributed by atoms with Gasteiger partial charge in [-0.2, -0.15) is 0 Å². The summed E-state index contributed by atoms with van der Waals surface area (Å²) in [7, 11) is 1.37. The number of nitrogens with two attached hydrogens (primary N) is 1. The molecule has 2 heterocycles. The van der Waals surface area contributed by atoms with Crippen LogP contribution in [0.3, 0.4) is 0 Å². The third-order valence-corrected chi connectivity index (χ3v) is 4.33. The summed E-state index contributed by atoms with van der Waals surface area (Å²) in [5, 5.41) is 2.48. The van der Waals surface area contributed by atoms with E-state index in [4.69, 9.17) is 10.5 Å². The highest BCUT2D eigenvalue weighted by atomic mass is 32.1. The molecule has 1 unspecified atom stereocenters. The number of carbonyl (C=O) groups excluding carboxylic acids is 2. The maximum absolute atomic E-state index is 12.5. The number of hydrogen-bond donors (Lipinski definition) is 1. The van der Waals surface area contributed by atoms with E-state index in [0.717, 1.165) is 24.3 Å². The molecule has 1 saturated heterocycles. The molecule has 20 heavy (non-hydrogen) atoms. The number of rotatable bonds is 4. The quantitative estimate of drug-likeness (QED) is 0.843. The van der Waals surface area contributed by atoms with Crippen LogP contribution in [0.4, 0.5) is 0 Å². The van der Waals surface area contributed by atoms with Crippen LogP contribution in [-0.2, 0) is 16.1 Å². The second kappa shape index (κ2) is 6.81. The first-order valence-electron chi connectivity index (χ1n) is 6.68. The first-order chi connectivity index (χ1) is 9.65. The second-order valence-corrected chi connectivity index (χ2v) is 5.70. The molecule has 7 heteroatoms. The number of likely N-dealkylation sites (tertiary alicyclic amines) is 1. The van der Waals surface area contributed by atoms with Gasteiger partial charge >= 0.3 is 5.97 Å². The lowest BCUT2D eigenvalue weighted by Crippen LogP contribution is -2.45. The average molecular weight is 297 g/mol. The van der Waals surface area contributed by atoms with Crippen LogP contribution < -0.4 is 5.73 Å². The first-order valence-corrected chi connectivity index (χ1v) is 7.56. The fourth-order valence-corrected chi connectivity index (χ4v) is 3.05. The van der Waals surface area contributed by atoms with Crippen LogP contribution in [0.1, 0.15) is 41.2 Å². The lowest BCUT2D eigenvalue weighted by atomic mass is 9.99. The Morgan fingerprint density at radius 1 is 1.55 bits per heavy atom. The molecule has 1 amide bonds. The lowest BCUT2D eigenvalue weighted by molar-refractivity contribution is -0.142. The minimum absolute atomic E-state index is 0.0910. The minimum Gasteiger partial charge on any atom is -0.469 e. The third-order valence-electron chi connectivity index (χ3n) is 3.46. The molecule has 0 aliphatic carbocycles. The van der Waals surface area contributed by atoms with Crippen molar-refractivity contribution in [3.05, 3.63) is 16.1 Å². The van der Waals surface area contributed by atoms with E-state index in [-0.39, 0.29) is 24.3 Å². The van der Waals surface area contributed by atoms with Gasteiger partial charge in [-0.3, -0.25) is 9.59 Å². The highest BCUT2D eigenvalue weighted by Gasteiger charge is 2.30. The van der Waals surface area contributed by atoms with Crippen LogP contribution in [0.15, 0.2) is 5.38 Å². The van der Waals surface area contributed by atoms with Gasteiger partial charge in [-0.05, 0) is 19.3 Å². The number of methoxy groups -OCH3 is 1. The zero-order valence-electron chi connectivity index (χ0n) is 11.5. The fourth-order valence-electron chi connectivity index (χ4n) is 2.41. The Morgan fingerprint density at radius 2 is 2.35 bits per heavy atom. The van der Waals surface area contributed by atoms with Gasteiger partial charge in [-0.25, -0.2) is 4.98 Å². The Kier molecular flexibility index (Phi) is 5.08. The number of aromatic nitrogens is 1. The van der Waals surface area contributed by atoms with E-state index in [0.29, 0.717) is 18.8 Å². The Labute approximate surface area is 121 Å². The molecule has 110 valence electrons. The van der Waals surface area contributed by atoms with Crippen molar-refractivity contribution < 1.29 is 14.3 Å². The number of piperidine rings is 1. The van der Waals surface area contributed by atoms with Crippen LogP contribution in [0.25, 0.3) is 0 Å². The van der Waals surface area contributed by atoms with Crippen molar-refractivity contribution in [1.82, 2.24) is 9.88 Å². The topological polar surface area (TPSA) is 85.5 Å². The number of thiazole rings is 1. The molecule has 6 nitrogen and oxygen atoms in total. The fraction of sp³-hybridized carbons (Fsp3) is 0.615. The molecule has 0 saturated carbocycles. The van der Waals surface area contributed by atoms with Gasteiger partial charge in [-0.1, -0.05) is 0 Å². The van der Waals surface area contributed by atoms with Crippen molar-refractivity contribution in [2.45, 2.75) is 38.3 Å². The summed E-state index contributed by atoms with van der Waals surface area (Å²) >= 11 is 1.39. The van der Waals surface area contributed by atoms with E-state index in [9.17, 15) is 9.59 Å². The molecular formula is C13H19N3O3S. The summed E-state index contributed by atoms with van der Waals surface area (Å²) in [5.41, 5.74) is 5.94. The van der Waals surface area contributed by atoms with Gasteiger partial charge in [-0.15, -0.1) is 11.3 Å². The van der Waals surface area contributed by atoms with Gasteiger partial charge in [0.25, 0.3) is 5.91 Å². The number of ether oxygens (including phenoxy) is 1. The molecule has 0 spiro atoms. The molecule has 1 aliphatic rings. The zero-order chi connectivity index (χ0) is 14.5. The molecule has 2 N–H and O–H groups in total. The summed E-state index contributed by atoms with van der Waals surface area (Å²) in [4.78, 5) is 29.9. The molecule has 0 bridgehead atoms. The number of carbonyl (C=O) groups is 2. The predicted molar refractivity (Wildman–Crippen MR) is 75.3 cm³/mol. The van der Waals surface area contributed by atoms with Crippen LogP contribution in [-0.4, -0.2) is 41.5 Å². The van der Waals surface area contributed by atoms with E-state index < -0.39 is 0 Å². The second-order valence-electron chi connectivity index (χ2n) is 4.76. The van der Waals surface area contributed by atoms with Gasteiger partial charge in [0.15, 0.2) is 0 Å². The van der Waals surface area contributed by atoms with Crippen LogP contribution in [0, 0.1) is 0 Å². The largest absolute Gasteiger partial charge is 0.469 e. The summed E-state index contributed by atoms with van der Waals surface area (Å²) < 4.78 is 4.70. The van der Waals surface area contributed by atoms with Gasteiger partial charge in [0, 0.05) is 24.5 Å². The van der Waals surface area contributed by atoms with E-state index in [2.05, 4.69) is 4.98 Å². The van der Waals surface area contributed by atoms with Gasteiger partial charge in [0.2, 0.25) is 0 Å². The maximum atomic E-state index is 12.5. The van der Waals surface area contributed by atoms with Gasteiger partial charge in [0.1, 0.15) is 10.7 Å². The molecular weight excluding hydrogens is 278 g/mol. The Morgan fingerprint density at radius 3 is 3.00 bits per heavy atom. The number of amides is 1. The van der Waals surface area contributed by atoms with Crippen LogP contribution >= 0.6 is 11.3 Å². The lowest BCUT2D eigenvalue weighted by Gasteiger charge is -2.34. The van der Waals surface area contributed by atoms with Gasteiger partial charge in [0.05, 0.1) is 13.5 Å². The highest BCUT2D eigenvalue weighted by Crippen LogP contribution is 2.23. The smallest absolute Gasteiger partial charge is 0.307 e. The SMILES string of the molecule is COC(=O)CC1CCCCN1C(=O)c1csc(CN)n1. The molecule has 2 rings (SSSR count). The minimum atomic E-state index is -0.282. The van der Waals surface area contributed by atoms with Gasteiger partial charge < -0.3 is 15.4 Å². The first kappa shape index (κ1) is 14.9. The number of hydrogen-bond acceptors (Lipinski definition) is 6. The predicted octanol–water partition coefficient (Wildman–Crippen LogP) is 1.16. The highest BCUT2D eigenvalue weighted by molar-refractivity contribution is 7.09. The van der Waals surface area contributed by atoms with Crippen LogP contribution in [0.2, 0.25) is 0 Å². The van der Waals surface area contributed by atoms with E-state index in [1.165, 1.54) is 18.4 Å².